The molecular weight excluding hydrogens is 180 g/mol. The second kappa shape index (κ2) is 3.52. The molecule has 0 bridgehead atoms. The third kappa shape index (κ3) is 1.99. The highest BCUT2D eigenvalue weighted by Gasteiger charge is 2.17. The summed E-state index contributed by atoms with van der Waals surface area (Å²) in [6.45, 7) is 9.05. The van der Waals surface area contributed by atoms with Gasteiger partial charge in [-0.3, -0.25) is 0 Å². The Labute approximate surface area is 93.0 Å². The highest BCUT2D eigenvalue weighted by atomic mass is 14.2. The van der Waals surface area contributed by atoms with Gasteiger partial charge in [0.1, 0.15) is 0 Å². The molecule has 15 heavy (non-hydrogen) atoms. The molecule has 0 radical (unpaired) electrons. The molecule has 0 aliphatic heterocycles. The molecule has 0 saturated heterocycles. The van der Waals surface area contributed by atoms with Crippen LogP contribution in [0.15, 0.2) is 23.8 Å². The van der Waals surface area contributed by atoms with Crippen LogP contribution in [-0.4, -0.2) is 0 Å². The average Bonchev–Trinajstić information content (AvgIpc) is 2.57. The molecule has 1 aromatic carbocycles. The van der Waals surface area contributed by atoms with Crippen LogP contribution in [0.2, 0.25) is 0 Å². The van der Waals surface area contributed by atoms with Gasteiger partial charge in [-0.15, -0.1) is 0 Å². The molecule has 0 saturated carbocycles. The van der Waals surface area contributed by atoms with E-state index in [9.17, 15) is 0 Å². The minimum absolute atomic E-state index is 0.262. The Balaban J connectivity index is 2.40. The Morgan fingerprint density at radius 3 is 2.53 bits per heavy atom. The van der Waals surface area contributed by atoms with Crippen molar-refractivity contribution < 1.29 is 0 Å². The van der Waals surface area contributed by atoms with E-state index in [4.69, 9.17) is 0 Å². The lowest BCUT2D eigenvalue weighted by molar-refractivity contribution is 0.590. The van der Waals surface area contributed by atoms with Crippen LogP contribution < -0.4 is 0 Å². The SMILES string of the molecule is CCC1=Cc2cc(C(C)(C)C)ccc2C1. The number of rotatable bonds is 1. The van der Waals surface area contributed by atoms with E-state index in [1.807, 2.05) is 0 Å². The Kier molecular flexibility index (Phi) is 2.46. The summed E-state index contributed by atoms with van der Waals surface area (Å²) in [4.78, 5) is 0. The molecule has 0 fully saturated rings. The lowest BCUT2D eigenvalue weighted by atomic mass is 9.85. The zero-order valence-corrected chi connectivity index (χ0v) is 10.2. The molecular formula is C15H20. The topological polar surface area (TPSA) is 0 Å². The summed E-state index contributed by atoms with van der Waals surface area (Å²) >= 11 is 0. The first-order valence-electron chi connectivity index (χ1n) is 5.83. The molecule has 0 heterocycles. The van der Waals surface area contributed by atoms with Crippen molar-refractivity contribution in [2.75, 3.05) is 0 Å². The molecule has 2 rings (SSSR count). The third-order valence-corrected chi connectivity index (χ3v) is 3.24. The smallest absolute Gasteiger partial charge is 0.00579 e. The summed E-state index contributed by atoms with van der Waals surface area (Å²) < 4.78 is 0. The average molecular weight is 200 g/mol. The van der Waals surface area contributed by atoms with Crippen molar-refractivity contribution in [2.24, 2.45) is 0 Å². The second-order valence-electron chi connectivity index (χ2n) is 5.50. The summed E-state index contributed by atoms with van der Waals surface area (Å²) in [6, 6.07) is 6.94. The van der Waals surface area contributed by atoms with E-state index in [-0.39, 0.29) is 5.41 Å². The summed E-state index contributed by atoms with van der Waals surface area (Å²) in [5.74, 6) is 0. The van der Waals surface area contributed by atoms with E-state index < -0.39 is 0 Å². The van der Waals surface area contributed by atoms with Crippen LogP contribution >= 0.6 is 0 Å². The minimum atomic E-state index is 0.262. The quantitative estimate of drug-likeness (QED) is 0.633. The number of hydrogen-bond donors (Lipinski definition) is 0. The van der Waals surface area contributed by atoms with E-state index in [1.54, 1.807) is 5.57 Å². The predicted octanol–water partition coefficient (Wildman–Crippen LogP) is 4.33. The van der Waals surface area contributed by atoms with E-state index in [2.05, 4.69) is 52.0 Å². The Bertz CT molecular complexity index is 403. The Hall–Kier alpha value is -1.04. The molecule has 1 aliphatic carbocycles. The number of hydrogen-bond acceptors (Lipinski definition) is 0. The lowest BCUT2D eigenvalue weighted by Gasteiger charge is -2.19. The summed E-state index contributed by atoms with van der Waals surface area (Å²) in [6.07, 6.45) is 4.71. The molecule has 0 unspecified atom stereocenters. The first kappa shape index (κ1) is 10.5. The fourth-order valence-electron chi connectivity index (χ4n) is 2.10. The van der Waals surface area contributed by atoms with Crippen molar-refractivity contribution in [3.05, 3.63) is 40.5 Å². The van der Waals surface area contributed by atoms with Gasteiger partial charge in [0.2, 0.25) is 0 Å². The molecule has 0 N–H and O–H groups in total. The van der Waals surface area contributed by atoms with Gasteiger partial charge in [0.25, 0.3) is 0 Å². The van der Waals surface area contributed by atoms with Gasteiger partial charge >= 0.3 is 0 Å². The zero-order chi connectivity index (χ0) is 11.1. The summed E-state index contributed by atoms with van der Waals surface area (Å²) in [5, 5.41) is 0. The summed E-state index contributed by atoms with van der Waals surface area (Å²) in [5.41, 5.74) is 6.21. The molecule has 0 amide bonds. The maximum absolute atomic E-state index is 2.37. The molecule has 0 nitrogen and oxygen atoms in total. The van der Waals surface area contributed by atoms with Crippen molar-refractivity contribution in [1.29, 1.82) is 0 Å². The van der Waals surface area contributed by atoms with Gasteiger partial charge in [-0.1, -0.05) is 57.5 Å². The van der Waals surface area contributed by atoms with Crippen molar-refractivity contribution in [3.63, 3.8) is 0 Å². The van der Waals surface area contributed by atoms with Crippen LogP contribution in [0.1, 0.15) is 50.8 Å². The van der Waals surface area contributed by atoms with Crippen molar-refractivity contribution in [1.82, 2.24) is 0 Å². The normalized spacial score (nSPS) is 15.1. The van der Waals surface area contributed by atoms with Gasteiger partial charge < -0.3 is 0 Å². The molecule has 0 spiro atoms. The van der Waals surface area contributed by atoms with E-state index >= 15 is 0 Å². The highest BCUT2D eigenvalue weighted by Crippen LogP contribution is 2.31. The molecule has 1 aromatic rings. The molecule has 0 atom stereocenters. The molecule has 80 valence electrons. The van der Waals surface area contributed by atoms with Gasteiger partial charge in [-0.2, -0.15) is 0 Å². The van der Waals surface area contributed by atoms with Crippen LogP contribution in [0.25, 0.3) is 6.08 Å². The van der Waals surface area contributed by atoms with Gasteiger partial charge in [0, 0.05) is 0 Å². The maximum Gasteiger partial charge on any atom is -0.00579 e. The standard InChI is InChI=1S/C15H20/c1-5-11-8-12-6-7-14(15(2,3)4)10-13(12)9-11/h6-7,9-10H,5,8H2,1-4H3. The largest absolute Gasteiger partial charge is 0.0655 e. The van der Waals surface area contributed by atoms with E-state index in [0.717, 1.165) is 6.42 Å². The van der Waals surface area contributed by atoms with Crippen LogP contribution in [0, 0.1) is 0 Å². The van der Waals surface area contributed by atoms with Gasteiger partial charge in [-0.05, 0) is 34.9 Å². The molecule has 1 aliphatic rings. The monoisotopic (exact) mass is 200 g/mol. The van der Waals surface area contributed by atoms with Gasteiger partial charge in [0.15, 0.2) is 0 Å². The fourth-order valence-corrected chi connectivity index (χ4v) is 2.10. The van der Waals surface area contributed by atoms with Crippen molar-refractivity contribution in [2.45, 2.75) is 46.0 Å². The fraction of sp³-hybridized carbons (Fsp3) is 0.467. The predicted molar refractivity (Wildman–Crippen MR) is 67.1 cm³/mol. The number of fused-ring (bicyclic) bond motifs is 1. The third-order valence-electron chi connectivity index (χ3n) is 3.24. The van der Waals surface area contributed by atoms with Crippen molar-refractivity contribution in [3.8, 4) is 0 Å². The molecule has 0 aromatic heterocycles. The van der Waals surface area contributed by atoms with Gasteiger partial charge in [-0.25, -0.2) is 0 Å². The number of benzene rings is 1. The zero-order valence-electron chi connectivity index (χ0n) is 10.2. The first-order chi connectivity index (χ1) is 7.00. The van der Waals surface area contributed by atoms with Crippen LogP contribution in [0.5, 0.6) is 0 Å². The van der Waals surface area contributed by atoms with Crippen LogP contribution in [0.4, 0.5) is 0 Å². The summed E-state index contributed by atoms with van der Waals surface area (Å²) in [7, 11) is 0. The maximum atomic E-state index is 2.37. The lowest BCUT2D eigenvalue weighted by Crippen LogP contribution is -2.11. The molecule has 0 heteroatoms. The first-order valence-corrected chi connectivity index (χ1v) is 5.83. The van der Waals surface area contributed by atoms with E-state index in [0.29, 0.717) is 0 Å². The van der Waals surface area contributed by atoms with E-state index in [1.165, 1.54) is 23.1 Å². The van der Waals surface area contributed by atoms with Crippen LogP contribution in [0.3, 0.4) is 0 Å². The van der Waals surface area contributed by atoms with Gasteiger partial charge in [0.05, 0.1) is 0 Å². The number of allylic oxidation sites excluding steroid dienone is 1. The van der Waals surface area contributed by atoms with Crippen molar-refractivity contribution >= 4 is 6.08 Å². The highest BCUT2D eigenvalue weighted by molar-refractivity contribution is 5.64. The second-order valence-corrected chi connectivity index (χ2v) is 5.50. The Morgan fingerprint density at radius 1 is 1.20 bits per heavy atom. The van der Waals surface area contributed by atoms with Crippen LogP contribution in [-0.2, 0) is 11.8 Å². The Morgan fingerprint density at radius 2 is 1.93 bits per heavy atom. The minimum Gasteiger partial charge on any atom is -0.0655 e.